The van der Waals surface area contributed by atoms with Crippen LogP contribution < -0.4 is 14.8 Å². The Bertz CT molecular complexity index is 1200. The molecular formula is C29H32ClNO5. The zero-order chi connectivity index (χ0) is 26.0. The van der Waals surface area contributed by atoms with Crippen molar-refractivity contribution >= 4 is 23.4 Å². The summed E-state index contributed by atoms with van der Waals surface area (Å²) in [5.41, 5.74) is 3.59. The standard InChI is InChI=1S/C29H32ClNO5/c1-16(2)15-36-29(33)25-17(3)31-22-13-19(18-9-11-20(30)12-10-18)14-23(32)27(22)26(25)21-7-6-8-24(34-4)28(21)35-5/h6-12,16,19,25-26,31H,3,13-15H2,1-2,4-5H3. The predicted octanol–water partition coefficient (Wildman–Crippen LogP) is 5.77. The molecular weight excluding hydrogens is 478 g/mol. The number of ketones is 1. The second kappa shape index (κ2) is 10.8. The van der Waals surface area contributed by atoms with Gasteiger partial charge in [-0.25, -0.2) is 0 Å². The van der Waals surface area contributed by atoms with E-state index < -0.39 is 17.8 Å². The first kappa shape index (κ1) is 25.8. The van der Waals surface area contributed by atoms with Crippen molar-refractivity contribution in [3.8, 4) is 11.5 Å². The Morgan fingerprint density at radius 1 is 1.11 bits per heavy atom. The molecule has 2 aliphatic rings. The van der Waals surface area contributed by atoms with Gasteiger partial charge >= 0.3 is 5.97 Å². The Morgan fingerprint density at radius 2 is 1.83 bits per heavy atom. The monoisotopic (exact) mass is 509 g/mol. The number of hydrogen-bond acceptors (Lipinski definition) is 6. The lowest BCUT2D eigenvalue weighted by Gasteiger charge is -2.40. The number of esters is 1. The van der Waals surface area contributed by atoms with Crippen LogP contribution in [-0.2, 0) is 14.3 Å². The summed E-state index contributed by atoms with van der Waals surface area (Å²) < 4.78 is 16.9. The molecule has 1 aliphatic carbocycles. The smallest absolute Gasteiger partial charge is 0.315 e. The molecule has 2 aromatic rings. The first-order valence-electron chi connectivity index (χ1n) is 12.1. The number of methoxy groups -OCH3 is 2. The highest BCUT2D eigenvalue weighted by molar-refractivity contribution is 6.30. The highest BCUT2D eigenvalue weighted by atomic mass is 35.5. The summed E-state index contributed by atoms with van der Waals surface area (Å²) in [6.07, 6.45) is 0.934. The van der Waals surface area contributed by atoms with Gasteiger partial charge in [0.15, 0.2) is 17.3 Å². The lowest BCUT2D eigenvalue weighted by molar-refractivity contribution is -0.149. The number of allylic oxidation sites excluding steroid dienone is 2. The summed E-state index contributed by atoms with van der Waals surface area (Å²) in [5.74, 6) is -0.667. The third kappa shape index (κ3) is 5.00. The molecule has 6 nitrogen and oxygen atoms in total. The fraction of sp³-hybridized carbons (Fsp3) is 0.379. The predicted molar refractivity (Wildman–Crippen MR) is 139 cm³/mol. The first-order valence-corrected chi connectivity index (χ1v) is 12.5. The Kier molecular flexibility index (Phi) is 7.74. The van der Waals surface area contributed by atoms with Gasteiger partial charge in [0, 0.05) is 39.9 Å². The Hall–Kier alpha value is -3.25. The molecule has 0 radical (unpaired) electrons. The molecule has 36 heavy (non-hydrogen) atoms. The van der Waals surface area contributed by atoms with Gasteiger partial charge in [0.05, 0.1) is 20.8 Å². The molecule has 0 amide bonds. The van der Waals surface area contributed by atoms with E-state index >= 15 is 0 Å². The molecule has 0 bridgehead atoms. The molecule has 1 aliphatic heterocycles. The quantitative estimate of drug-likeness (QED) is 0.477. The zero-order valence-electron chi connectivity index (χ0n) is 21.1. The second-order valence-corrected chi connectivity index (χ2v) is 10.1. The van der Waals surface area contributed by atoms with Crippen LogP contribution in [-0.4, -0.2) is 32.6 Å². The zero-order valence-corrected chi connectivity index (χ0v) is 21.9. The average Bonchev–Trinajstić information content (AvgIpc) is 2.86. The van der Waals surface area contributed by atoms with Crippen LogP contribution in [0.25, 0.3) is 0 Å². The van der Waals surface area contributed by atoms with Crippen molar-refractivity contribution in [3.05, 3.63) is 82.2 Å². The summed E-state index contributed by atoms with van der Waals surface area (Å²) in [5, 5.41) is 3.96. The van der Waals surface area contributed by atoms with Crippen LogP contribution in [0, 0.1) is 11.8 Å². The summed E-state index contributed by atoms with van der Waals surface area (Å²) in [6.45, 7) is 8.43. The minimum atomic E-state index is -0.792. The van der Waals surface area contributed by atoms with E-state index in [0.717, 1.165) is 11.3 Å². The summed E-state index contributed by atoms with van der Waals surface area (Å²) in [4.78, 5) is 27.2. The van der Waals surface area contributed by atoms with Crippen molar-refractivity contribution in [1.82, 2.24) is 5.32 Å². The van der Waals surface area contributed by atoms with Crippen LogP contribution in [0.15, 0.2) is 66.0 Å². The molecule has 1 N–H and O–H groups in total. The molecule has 190 valence electrons. The number of para-hydroxylation sites is 1. The molecule has 0 saturated heterocycles. The van der Waals surface area contributed by atoms with Crippen LogP contribution in [0.3, 0.4) is 0 Å². The van der Waals surface area contributed by atoms with E-state index in [1.165, 1.54) is 0 Å². The molecule has 2 aromatic carbocycles. The SMILES string of the molecule is C=C1NC2=C(C(=O)CC(c3ccc(Cl)cc3)C2)C(c2cccc(OC)c2OC)C1C(=O)OCC(C)C. The summed E-state index contributed by atoms with van der Waals surface area (Å²) in [6, 6.07) is 13.1. The average molecular weight is 510 g/mol. The van der Waals surface area contributed by atoms with Gasteiger partial charge in [0.2, 0.25) is 0 Å². The van der Waals surface area contributed by atoms with E-state index in [-0.39, 0.29) is 24.2 Å². The van der Waals surface area contributed by atoms with Gasteiger partial charge in [0.25, 0.3) is 0 Å². The fourth-order valence-electron chi connectivity index (χ4n) is 5.13. The van der Waals surface area contributed by atoms with Crippen molar-refractivity contribution in [1.29, 1.82) is 0 Å². The first-order chi connectivity index (χ1) is 17.2. The Morgan fingerprint density at radius 3 is 2.47 bits per heavy atom. The van der Waals surface area contributed by atoms with Gasteiger partial charge < -0.3 is 19.5 Å². The third-order valence-electron chi connectivity index (χ3n) is 6.76. The van der Waals surface area contributed by atoms with Crippen molar-refractivity contribution in [2.75, 3.05) is 20.8 Å². The van der Waals surface area contributed by atoms with E-state index in [1.54, 1.807) is 20.3 Å². The van der Waals surface area contributed by atoms with Gasteiger partial charge in [-0.15, -0.1) is 0 Å². The van der Waals surface area contributed by atoms with Crippen LogP contribution in [0.4, 0.5) is 0 Å². The molecule has 3 unspecified atom stereocenters. The van der Waals surface area contributed by atoms with Gasteiger partial charge in [-0.3, -0.25) is 9.59 Å². The summed E-state index contributed by atoms with van der Waals surface area (Å²) >= 11 is 6.07. The van der Waals surface area contributed by atoms with Crippen LogP contribution in [0.2, 0.25) is 5.02 Å². The molecule has 7 heteroatoms. The molecule has 1 heterocycles. The van der Waals surface area contributed by atoms with E-state index in [9.17, 15) is 9.59 Å². The largest absolute Gasteiger partial charge is 0.493 e. The molecule has 3 atom stereocenters. The molecule has 0 saturated carbocycles. The number of halogens is 1. The maximum atomic E-state index is 13.8. The number of rotatable bonds is 7. The van der Waals surface area contributed by atoms with Gasteiger partial charge in [-0.1, -0.05) is 56.3 Å². The third-order valence-corrected chi connectivity index (χ3v) is 7.01. The molecule has 0 aromatic heterocycles. The number of carbonyl (C=O) groups is 2. The number of hydrogen-bond donors (Lipinski definition) is 1. The van der Waals surface area contributed by atoms with Crippen molar-refractivity contribution < 1.29 is 23.8 Å². The summed E-state index contributed by atoms with van der Waals surface area (Å²) in [7, 11) is 3.11. The highest BCUT2D eigenvalue weighted by Gasteiger charge is 2.46. The molecule has 0 fully saturated rings. The topological polar surface area (TPSA) is 73.9 Å². The Balaban J connectivity index is 1.83. The second-order valence-electron chi connectivity index (χ2n) is 9.68. The van der Waals surface area contributed by atoms with E-state index in [1.807, 2.05) is 50.2 Å². The Labute approximate surface area is 217 Å². The number of benzene rings is 2. The number of ether oxygens (including phenoxy) is 3. The van der Waals surface area contributed by atoms with E-state index in [2.05, 4.69) is 11.9 Å². The molecule has 0 spiro atoms. The number of nitrogens with one attached hydrogen (secondary N) is 1. The van der Waals surface area contributed by atoms with E-state index in [4.69, 9.17) is 25.8 Å². The van der Waals surface area contributed by atoms with Crippen molar-refractivity contribution in [3.63, 3.8) is 0 Å². The fourth-order valence-corrected chi connectivity index (χ4v) is 5.26. The van der Waals surface area contributed by atoms with Gasteiger partial charge in [0.1, 0.15) is 5.92 Å². The van der Waals surface area contributed by atoms with Crippen LogP contribution in [0.1, 0.15) is 49.7 Å². The maximum Gasteiger partial charge on any atom is 0.315 e. The lowest BCUT2D eigenvalue weighted by atomic mass is 9.68. The van der Waals surface area contributed by atoms with Crippen LogP contribution >= 0.6 is 11.6 Å². The minimum Gasteiger partial charge on any atom is -0.493 e. The minimum absolute atomic E-state index is 0.00823. The van der Waals surface area contributed by atoms with Crippen molar-refractivity contribution in [2.45, 2.75) is 38.5 Å². The van der Waals surface area contributed by atoms with Crippen LogP contribution in [0.5, 0.6) is 11.5 Å². The van der Waals surface area contributed by atoms with Gasteiger partial charge in [-0.2, -0.15) is 0 Å². The number of carbonyl (C=O) groups excluding carboxylic acids is 2. The maximum absolute atomic E-state index is 13.8. The van der Waals surface area contributed by atoms with E-state index in [0.29, 0.717) is 46.2 Å². The lowest BCUT2D eigenvalue weighted by Crippen LogP contribution is -2.42. The molecule has 4 rings (SSSR count). The van der Waals surface area contributed by atoms with Crippen molar-refractivity contribution in [2.24, 2.45) is 11.8 Å². The number of Topliss-reactive ketones (excluding diaryl/α,β-unsaturated/α-hetero) is 1. The normalized spacial score (nSPS) is 21.7. The highest BCUT2D eigenvalue weighted by Crippen LogP contribution is 2.50. The van der Waals surface area contributed by atoms with Gasteiger partial charge in [-0.05, 0) is 42.0 Å².